The molecule has 5 nitrogen and oxygen atoms in total. The quantitative estimate of drug-likeness (QED) is 0.921. The van der Waals surface area contributed by atoms with Crippen molar-refractivity contribution in [1.82, 2.24) is 14.9 Å². The number of hydrogen-bond donors (Lipinski definition) is 1. The first-order valence-corrected chi connectivity index (χ1v) is 6.74. The van der Waals surface area contributed by atoms with Crippen molar-refractivity contribution in [1.29, 1.82) is 0 Å². The van der Waals surface area contributed by atoms with Crippen molar-refractivity contribution in [2.24, 2.45) is 0 Å². The molecule has 2 rings (SSSR count). The first-order chi connectivity index (χ1) is 9.13. The number of aliphatic hydroxyl groups excluding tert-OH is 1. The van der Waals surface area contributed by atoms with Crippen LogP contribution in [0.2, 0.25) is 0 Å². The molecule has 1 amide bonds. The zero-order valence-corrected chi connectivity index (χ0v) is 11.6. The Morgan fingerprint density at radius 1 is 1.47 bits per heavy atom. The summed E-state index contributed by atoms with van der Waals surface area (Å²) in [6.45, 7) is 2.18. The summed E-state index contributed by atoms with van der Waals surface area (Å²) in [6.07, 6.45) is 1.62. The zero-order chi connectivity index (χ0) is 13.8. The van der Waals surface area contributed by atoms with Crippen LogP contribution < -0.4 is 0 Å². The van der Waals surface area contributed by atoms with E-state index in [0.717, 1.165) is 16.3 Å². The van der Waals surface area contributed by atoms with Crippen molar-refractivity contribution in [3.05, 3.63) is 35.1 Å². The second-order valence-electron chi connectivity index (χ2n) is 4.15. The Bertz CT molecular complexity index is 583. The van der Waals surface area contributed by atoms with Crippen molar-refractivity contribution >= 4 is 17.2 Å². The number of pyridine rings is 1. The number of amides is 1. The Labute approximate surface area is 115 Å². The fourth-order valence-corrected chi connectivity index (χ4v) is 2.48. The molecule has 0 aliphatic carbocycles. The van der Waals surface area contributed by atoms with Gasteiger partial charge < -0.3 is 10.0 Å². The normalized spacial score (nSPS) is 10.5. The number of aliphatic hydroxyl groups is 1. The van der Waals surface area contributed by atoms with Gasteiger partial charge in [-0.25, -0.2) is 4.98 Å². The monoisotopic (exact) mass is 277 g/mol. The molecule has 0 aliphatic rings. The van der Waals surface area contributed by atoms with E-state index in [0.29, 0.717) is 12.1 Å². The van der Waals surface area contributed by atoms with Gasteiger partial charge >= 0.3 is 0 Å². The first-order valence-electron chi connectivity index (χ1n) is 5.86. The smallest absolute Gasteiger partial charge is 0.253 e. The van der Waals surface area contributed by atoms with E-state index in [-0.39, 0.29) is 12.5 Å². The summed E-state index contributed by atoms with van der Waals surface area (Å²) in [5, 5.41) is 8.86. The summed E-state index contributed by atoms with van der Waals surface area (Å²) in [6, 6.07) is 3.44. The van der Waals surface area contributed by atoms with Gasteiger partial charge in [0.2, 0.25) is 0 Å². The summed E-state index contributed by atoms with van der Waals surface area (Å²) in [7, 11) is 1.66. The molecule has 2 aromatic heterocycles. The highest BCUT2D eigenvalue weighted by Gasteiger charge is 2.13. The Balaban J connectivity index is 2.30. The number of rotatable bonds is 4. The molecule has 0 aromatic carbocycles. The van der Waals surface area contributed by atoms with E-state index < -0.39 is 0 Å². The van der Waals surface area contributed by atoms with Crippen molar-refractivity contribution in [2.45, 2.75) is 6.92 Å². The summed E-state index contributed by atoms with van der Waals surface area (Å²) >= 11 is 1.50. The van der Waals surface area contributed by atoms with Gasteiger partial charge in [0.05, 0.1) is 28.4 Å². The molecule has 0 radical (unpaired) electrons. The molecule has 0 spiro atoms. The van der Waals surface area contributed by atoms with Crippen molar-refractivity contribution in [3.63, 3.8) is 0 Å². The van der Waals surface area contributed by atoms with Crippen molar-refractivity contribution in [2.75, 3.05) is 20.2 Å². The van der Waals surface area contributed by atoms with Crippen LogP contribution in [0.1, 0.15) is 16.1 Å². The fraction of sp³-hybridized carbons (Fsp3) is 0.308. The summed E-state index contributed by atoms with van der Waals surface area (Å²) in [4.78, 5) is 23.0. The lowest BCUT2D eigenvalue weighted by molar-refractivity contribution is 0.0767. The molecule has 1 N–H and O–H groups in total. The Morgan fingerprint density at radius 3 is 2.89 bits per heavy atom. The van der Waals surface area contributed by atoms with Gasteiger partial charge in [-0.15, -0.1) is 11.3 Å². The third kappa shape index (κ3) is 2.97. The lowest BCUT2D eigenvalue weighted by Gasteiger charge is -2.15. The molecule has 0 unspecified atom stereocenters. The molecular formula is C13H15N3O2S. The first kappa shape index (κ1) is 13.6. The molecule has 0 saturated carbocycles. The molecule has 0 aliphatic heterocycles. The van der Waals surface area contributed by atoms with Gasteiger partial charge in [0.1, 0.15) is 0 Å². The minimum absolute atomic E-state index is 0.0475. The van der Waals surface area contributed by atoms with Crippen LogP contribution in [-0.4, -0.2) is 46.1 Å². The van der Waals surface area contributed by atoms with E-state index in [1.54, 1.807) is 30.9 Å². The van der Waals surface area contributed by atoms with Crippen LogP contribution in [0.5, 0.6) is 0 Å². The highest BCUT2D eigenvalue weighted by atomic mass is 32.1. The van der Waals surface area contributed by atoms with Crippen LogP contribution in [0.3, 0.4) is 0 Å². The van der Waals surface area contributed by atoms with Gasteiger partial charge in [0.25, 0.3) is 5.91 Å². The predicted octanol–water partition coefficient (Wildman–Crippen LogP) is 1.58. The van der Waals surface area contributed by atoms with Crippen LogP contribution in [0, 0.1) is 6.92 Å². The number of carbonyl (C=O) groups excluding carboxylic acids is 1. The highest BCUT2D eigenvalue weighted by molar-refractivity contribution is 7.13. The molecule has 0 atom stereocenters. The second-order valence-corrected chi connectivity index (χ2v) is 5.00. The van der Waals surface area contributed by atoms with Gasteiger partial charge in [-0.05, 0) is 19.1 Å². The topological polar surface area (TPSA) is 66.3 Å². The lowest BCUT2D eigenvalue weighted by atomic mass is 10.2. The number of hydrogen-bond acceptors (Lipinski definition) is 5. The number of aromatic nitrogens is 2. The molecule has 6 heteroatoms. The van der Waals surface area contributed by atoms with Gasteiger partial charge in [-0.3, -0.25) is 9.78 Å². The molecule has 0 bridgehead atoms. The van der Waals surface area contributed by atoms with E-state index in [1.165, 1.54) is 16.2 Å². The summed E-state index contributed by atoms with van der Waals surface area (Å²) < 4.78 is 0. The molecule has 100 valence electrons. The van der Waals surface area contributed by atoms with E-state index in [1.807, 2.05) is 6.92 Å². The van der Waals surface area contributed by atoms with Crippen LogP contribution in [0.25, 0.3) is 10.6 Å². The maximum absolute atomic E-state index is 12.1. The second kappa shape index (κ2) is 5.90. The van der Waals surface area contributed by atoms with Gasteiger partial charge in [-0.1, -0.05) is 0 Å². The SMILES string of the molecule is Cc1ncsc1-c1cc(C(=O)N(C)CCO)ccn1. The zero-order valence-electron chi connectivity index (χ0n) is 10.8. The number of nitrogens with zero attached hydrogens (tertiary/aromatic N) is 3. The van der Waals surface area contributed by atoms with Gasteiger partial charge in [0, 0.05) is 25.4 Å². The van der Waals surface area contributed by atoms with Crippen LogP contribution in [0.4, 0.5) is 0 Å². The van der Waals surface area contributed by atoms with E-state index in [2.05, 4.69) is 9.97 Å². The number of carbonyl (C=O) groups is 1. The van der Waals surface area contributed by atoms with Crippen molar-refractivity contribution in [3.8, 4) is 10.6 Å². The Hall–Kier alpha value is -1.79. The number of thiazole rings is 1. The van der Waals surface area contributed by atoms with Crippen LogP contribution in [0.15, 0.2) is 23.8 Å². The average molecular weight is 277 g/mol. The summed E-state index contributed by atoms with van der Waals surface area (Å²) in [5.41, 5.74) is 3.99. The molecule has 0 saturated heterocycles. The minimum atomic E-state index is -0.125. The standard InChI is InChI=1S/C13H15N3O2S/c1-9-12(19-8-15-9)11-7-10(3-4-14-11)13(18)16(2)5-6-17/h3-4,7-8,17H,5-6H2,1-2H3. The van der Waals surface area contributed by atoms with Crippen LogP contribution >= 0.6 is 11.3 Å². The molecular weight excluding hydrogens is 262 g/mol. The van der Waals surface area contributed by atoms with Crippen molar-refractivity contribution < 1.29 is 9.90 Å². The predicted molar refractivity (Wildman–Crippen MR) is 74.1 cm³/mol. The summed E-state index contributed by atoms with van der Waals surface area (Å²) in [5.74, 6) is -0.125. The fourth-order valence-electron chi connectivity index (χ4n) is 1.71. The van der Waals surface area contributed by atoms with E-state index in [9.17, 15) is 4.79 Å². The average Bonchev–Trinajstić information content (AvgIpc) is 2.84. The minimum Gasteiger partial charge on any atom is -0.395 e. The van der Waals surface area contributed by atoms with E-state index in [4.69, 9.17) is 5.11 Å². The molecule has 0 fully saturated rings. The molecule has 2 heterocycles. The third-order valence-electron chi connectivity index (χ3n) is 2.77. The maximum Gasteiger partial charge on any atom is 0.253 e. The number of likely N-dealkylation sites (N-methyl/N-ethyl adjacent to an activating group) is 1. The largest absolute Gasteiger partial charge is 0.395 e. The van der Waals surface area contributed by atoms with Crippen LogP contribution in [-0.2, 0) is 0 Å². The van der Waals surface area contributed by atoms with Gasteiger partial charge in [-0.2, -0.15) is 0 Å². The van der Waals surface area contributed by atoms with E-state index >= 15 is 0 Å². The maximum atomic E-state index is 12.1. The lowest BCUT2D eigenvalue weighted by Crippen LogP contribution is -2.29. The molecule has 19 heavy (non-hydrogen) atoms. The number of aryl methyl sites for hydroxylation is 1. The Kier molecular flexibility index (Phi) is 4.24. The Morgan fingerprint density at radius 2 is 2.26 bits per heavy atom. The molecule has 2 aromatic rings. The highest BCUT2D eigenvalue weighted by Crippen LogP contribution is 2.25. The van der Waals surface area contributed by atoms with Gasteiger partial charge in [0.15, 0.2) is 0 Å². The third-order valence-corrected chi connectivity index (χ3v) is 3.72.